The van der Waals surface area contributed by atoms with E-state index in [1.807, 2.05) is 0 Å². The van der Waals surface area contributed by atoms with E-state index in [1.165, 1.54) is 0 Å². The Balaban J connectivity index is 2.10. The van der Waals surface area contributed by atoms with Crippen molar-refractivity contribution in [3.8, 4) is 0 Å². The molecule has 1 fully saturated rings. The van der Waals surface area contributed by atoms with Crippen LogP contribution in [0.1, 0.15) is 12.8 Å². The van der Waals surface area contributed by atoms with Gasteiger partial charge < -0.3 is 10.5 Å². The van der Waals surface area contributed by atoms with Crippen LogP contribution in [0.3, 0.4) is 0 Å². The van der Waals surface area contributed by atoms with Crippen molar-refractivity contribution in [1.82, 2.24) is 0 Å². The first kappa shape index (κ1) is 12.4. The fraction of sp³-hybridized carbons (Fsp3) is 0.500. The molecule has 1 heterocycles. The molecule has 0 unspecified atom stereocenters. The molecule has 2 rings (SSSR count). The third kappa shape index (κ3) is 3.20. The normalized spacial score (nSPS) is 18.1. The molecule has 0 saturated carbocycles. The lowest BCUT2D eigenvalue weighted by atomic mass is 10.0. The molecule has 1 saturated heterocycles. The minimum absolute atomic E-state index is 0.209. The highest BCUT2D eigenvalue weighted by molar-refractivity contribution is 7.91. The SMILES string of the molecule is Nc1ccc(S(=O)(=O)CC2CCOCC2)cc1. The van der Waals surface area contributed by atoms with Gasteiger partial charge in [0.1, 0.15) is 0 Å². The van der Waals surface area contributed by atoms with E-state index < -0.39 is 9.84 Å². The quantitative estimate of drug-likeness (QED) is 0.830. The maximum atomic E-state index is 12.1. The van der Waals surface area contributed by atoms with Crippen LogP contribution < -0.4 is 5.73 Å². The number of nitrogen functional groups attached to an aromatic ring is 1. The van der Waals surface area contributed by atoms with E-state index in [2.05, 4.69) is 0 Å². The standard InChI is InChI=1S/C12H17NO3S/c13-11-1-3-12(4-2-11)17(14,15)9-10-5-7-16-8-6-10/h1-4,10H,5-9,13H2. The molecular formula is C12H17NO3S. The minimum atomic E-state index is -3.19. The van der Waals surface area contributed by atoms with Crippen molar-refractivity contribution in [2.45, 2.75) is 17.7 Å². The van der Waals surface area contributed by atoms with Crippen molar-refractivity contribution in [3.05, 3.63) is 24.3 Å². The number of rotatable bonds is 3. The van der Waals surface area contributed by atoms with Crippen LogP contribution in [0.25, 0.3) is 0 Å². The highest BCUT2D eigenvalue weighted by Crippen LogP contribution is 2.21. The lowest BCUT2D eigenvalue weighted by Gasteiger charge is -2.21. The molecule has 5 heteroatoms. The number of hydrogen-bond donors (Lipinski definition) is 1. The molecule has 0 spiro atoms. The predicted molar refractivity (Wildman–Crippen MR) is 66.5 cm³/mol. The van der Waals surface area contributed by atoms with Gasteiger partial charge in [0.15, 0.2) is 9.84 Å². The topological polar surface area (TPSA) is 69.4 Å². The van der Waals surface area contributed by atoms with Gasteiger partial charge in [0.25, 0.3) is 0 Å². The number of anilines is 1. The van der Waals surface area contributed by atoms with Crippen molar-refractivity contribution < 1.29 is 13.2 Å². The minimum Gasteiger partial charge on any atom is -0.399 e. The summed E-state index contributed by atoms with van der Waals surface area (Å²) in [7, 11) is -3.19. The van der Waals surface area contributed by atoms with Gasteiger partial charge in [0, 0.05) is 18.9 Å². The summed E-state index contributed by atoms with van der Waals surface area (Å²) in [5.74, 6) is 0.423. The molecule has 0 radical (unpaired) electrons. The summed E-state index contributed by atoms with van der Waals surface area (Å²) in [4.78, 5) is 0.359. The third-order valence-corrected chi connectivity index (χ3v) is 4.94. The molecule has 0 amide bonds. The van der Waals surface area contributed by atoms with Crippen molar-refractivity contribution >= 4 is 15.5 Å². The molecule has 17 heavy (non-hydrogen) atoms. The molecule has 1 aromatic carbocycles. The molecule has 1 aliphatic rings. The van der Waals surface area contributed by atoms with E-state index in [9.17, 15) is 8.42 Å². The van der Waals surface area contributed by atoms with E-state index in [0.717, 1.165) is 12.8 Å². The average Bonchev–Trinajstić information content (AvgIpc) is 2.30. The van der Waals surface area contributed by atoms with Gasteiger partial charge in [0.05, 0.1) is 10.6 Å². The largest absolute Gasteiger partial charge is 0.399 e. The highest BCUT2D eigenvalue weighted by atomic mass is 32.2. The second-order valence-electron chi connectivity index (χ2n) is 4.41. The molecule has 0 aromatic heterocycles. The van der Waals surface area contributed by atoms with Crippen molar-refractivity contribution in [2.75, 3.05) is 24.7 Å². The molecule has 2 N–H and O–H groups in total. The first-order valence-electron chi connectivity index (χ1n) is 5.74. The van der Waals surface area contributed by atoms with Crippen molar-refractivity contribution in [2.24, 2.45) is 5.92 Å². The number of sulfone groups is 1. The maximum absolute atomic E-state index is 12.1. The molecule has 0 atom stereocenters. The van der Waals surface area contributed by atoms with Gasteiger partial charge >= 0.3 is 0 Å². The molecule has 1 aliphatic heterocycles. The Morgan fingerprint density at radius 3 is 2.35 bits per heavy atom. The number of hydrogen-bond acceptors (Lipinski definition) is 4. The van der Waals surface area contributed by atoms with Gasteiger partial charge in [0.2, 0.25) is 0 Å². The summed E-state index contributed by atoms with van der Waals surface area (Å²) in [6.45, 7) is 1.34. The summed E-state index contributed by atoms with van der Waals surface area (Å²) >= 11 is 0. The van der Waals surface area contributed by atoms with E-state index in [0.29, 0.717) is 23.8 Å². The van der Waals surface area contributed by atoms with Crippen LogP contribution in [0.4, 0.5) is 5.69 Å². The van der Waals surface area contributed by atoms with E-state index in [4.69, 9.17) is 10.5 Å². The van der Waals surface area contributed by atoms with Crippen LogP contribution in [0, 0.1) is 5.92 Å². The highest BCUT2D eigenvalue weighted by Gasteiger charge is 2.23. The Bertz CT molecular complexity index is 461. The van der Waals surface area contributed by atoms with Gasteiger partial charge in [-0.15, -0.1) is 0 Å². The first-order valence-corrected chi connectivity index (χ1v) is 7.39. The Morgan fingerprint density at radius 1 is 1.18 bits per heavy atom. The summed E-state index contributed by atoms with van der Waals surface area (Å²) in [6.07, 6.45) is 1.66. The van der Waals surface area contributed by atoms with E-state index >= 15 is 0 Å². The number of nitrogens with two attached hydrogens (primary N) is 1. The van der Waals surface area contributed by atoms with Gasteiger partial charge in [-0.3, -0.25) is 0 Å². The van der Waals surface area contributed by atoms with Crippen LogP contribution in [-0.4, -0.2) is 27.4 Å². The Morgan fingerprint density at radius 2 is 1.76 bits per heavy atom. The molecular weight excluding hydrogens is 238 g/mol. The Hall–Kier alpha value is -1.07. The summed E-state index contributed by atoms with van der Waals surface area (Å²) in [5, 5.41) is 0. The van der Waals surface area contributed by atoms with E-state index in [-0.39, 0.29) is 11.7 Å². The van der Waals surface area contributed by atoms with Crippen LogP contribution in [-0.2, 0) is 14.6 Å². The Labute approximate surface area is 102 Å². The fourth-order valence-electron chi connectivity index (χ4n) is 1.99. The number of benzene rings is 1. The molecule has 4 nitrogen and oxygen atoms in total. The van der Waals surface area contributed by atoms with Crippen LogP contribution in [0.5, 0.6) is 0 Å². The average molecular weight is 255 g/mol. The lowest BCUT2D eigenvalue weighted by Crippen LogP contribution is -2.23. The summed E-state index contributed by atoms with van der Waals surface area (Å²) < 4.78 is 29.5. The van der Waals surface area contributed by atoms with Gasteiger partial charge in [-0.05, 0) is 43.0 Å². The monoisotopic (exact) mass is 255 g/mol. The predicted octanol–water partition coefficient (Wildman–Crippen LogP) is 1.47. The zero-order valence-electron chi connectivity index (χ0n) is 9.63. The second kappa shape index (κ2) is 5.06. The van der Waals surface area contributed by atoms with Crippen molar-refractivity contribution in [3.63, 3.8) is 0 Å². The summed E-state index contributed by atoms with van der Waals surface area (Å²) in [6, 6.07) is 6.39. The van der Waals surface area contributed by atoms with Crippen LogP contribution in [0.15, 0.2) is 29.2 Å². The summed E-state index contributed by atoms with van der Waals surface area (Å²) in [5.41, 5.74) is 6.12. The van der Waals surface area contributed by atoms with Crippen LogP contribution >= 0.6 is 0 Å². The maximum Gasteiger partial charge on any atom is 0.178 e. The zero-order valence-corrected chi connectivity index (χ0v) is 10.4. The molecule has 1 aromatic rings. The molecule has 0 bridgehead atoms. The fourth-order valence-corrected chi connectivity index (χ4v) is 3.69. The van der Waals surface area contributed by atoms with Crippen LogP contribution in [0.2, 0.25) is 0 Å². The molecule has 0 aliphatic carbocycles. The smallest absolute Gasteiger partial charge is 0.178 e. The Kier molecular flexibility index (Phi) is 3.69. The second-order valence-corrected chi connectivity index (χ2v) is 6.44. The van der Waals surface area contributed by atoms with Gasteiger partial charge in [-0.25, -0.2) is 8.42 Å². The van der Waals surface area contributed by atoms with Crippen molar-refractivity contribution in [1.29, 1.82) is 0 Å². The van der Waals surface area contributed by atoms with E-state index in [1.54, 1.807) is 24.3 Å². The zero-order chi connectivity index (χ0) is 12.3. The first-order chi connectivity index (χ1) is 8.08. The van der Waals surface area contributed by atoms with Gasteiger partial charge in [-0.2, -0.15) is 0 Å². The van der Waals surface area contributed by atoms with Gasteiger partial charge in [-0.1, -0.05) is 0 Å². The lowest BCUT2D eigenvalue weighted by molar-refractivity contribution is 0.0723. The third-order valence-electron chi connectivity index (χ3n) is 3.04. The number of ether oxygens (including phenoxy) is 1. The molecule has 94 valence electrons.